The lowest BCUT2D eigenvalue weighted by Gasteiger charge is -2.34. The third-order valence-electron chi connectivity index (χ3n) is 3.91. The molecule has 0 amide bonds. The highest BCUT2D eigenvalue weighted by Gasteiger charge is 2.38. The SMILES string of the molecule is NCC1(C(=O)CCC2CC2)CCOCC1. The number of carbonyl (C=O) groups is 1. The molecule has 2 aliphatic rings. The molecule has 2 fully saturated rings. The fourth-order valence-corrected chi connectivity index (χ4v) is 2.37. The molecule has 15 heavy (non-hydrogen) atoms. The molecule has 0 aromatic heterocycles. The minimum atomic E-state index is -0.243. The van der Waals surface area contributed by atoms with Gasteiger partial charge in [-0.3, -0.25) is 4.79 Å². The molecule has 1 aliphatic carbocycles. The van der Waals surface area contributed by atoms with Crippen molar-refractivity contribution in [2.24, 2.45) is 17.1 Å². The van der Waals surface area contributed by atoms with Crippen LogP contribution < -0.4 is 5.73 Å². The lowest BCUT2D eigenvalue weighted by atomic mass is 9.75. The third kappa shape index (κ3) is 2.58. The van der Waals surface area contributed by atoms with Crippen molar-refractivity contribution in [2.75, 3.05) is 19.8 Å². The van der Waals surface area contributed by atoms with Crippen molar-refractivity contribution < 1.29 is 9.53 Å². The molecule has 86 valence electrons. The first kappa shape index (κ1) is 11.1. The predicted molar refractivity (Wildman–Crippen MR) is 58.5 cm³/mol. The zero-order chi connectivity index (χ0) is 10.7. The summed E-state index contributed by atoms with van der Waals surface area (Å²) in [6, 6.07) is 0. The molecule has 0 radical (unpaired) electrons. The summed E-state index contributed by atoms with van der Waals surface area (Å²) in [5, 5.41) is 0. The molecule has 0 aromatic rings. The van der Waals surface area contributed by atoms with Crippen molar-refractivity contribution in [3.63, 3.8) is 0 Å². The minimum absolute atomic E-state index is 0.243. The van der Waals surface area contributed by atoms with Crippen LogP contribution >= 0.6 is 0 Å². The Kier molecular flexibility index (Phi) is 3.42. The van der Waals surface area contributed by atoms with Gasteiger partial charge in [-0.2, -0.15) is 0 Å². The van der Waals surface area contributed by atoms with E-state index in [1.54, 1.807) is 0 Å². The summed E-state index contributed by atoms with van der Waals surface area (Å²) in [6.45, 7) is 1.90. The number of ketones is 1. The Hall–Kier alpha value is -0.410. The number of hydrogen-bond donors (Lipinski definition) is 1. The van der Waals surface area contributed by atoms with E-state index in [0.29, 0.717) is 25.5 Å². The number of Topliss-reactive ketones (excluding diaryl/α,β-unsaturated/α-hetero) is 1. The molecule has 0 bridgehead atoms. The average Bonchev–Trinajstić information content (AvgIpc) is 3.10. The first-order valence-electron chi connectivity index (χ1n) is 6.08. The highest BCUT2D eigenvalue weighted by Crippen LogP contribution is 2.37. The molecule has 3 nitrogen and oxygen atoms in total. The fraction of sp³-hybridized carbons (Fsp3) is 0.917. The van der Waals surface area contributed by atoms with Crippen molar-refractivity contribution in [3.05, 3.63) is 0 Å². The van der Waals surface area contributed by atoms with Crippen molar-refractivity contribution in [1.29, 1.82) is 0 Å². The lowest BCUT2D eigenvalue weighted by Crippen LogP contribution is -2.43. The highest BCUT2D eigenvalue weighted by atomic mass is 16.5. The highest BCUT2D eigenvalue weighted by molar-refractivity contribution is 5.85. The molecule has 1 aliphatic heterocycles. The summed E-state index contributed by atoms with van der Waals surface area (Å²) in [4.78, 5) is 12.1. The second kappa shape index (κ2) is 4.62. The van der Waals surface area contributed by atoms with Crippen LogP contribution in [-0.4, -0.2) is 25.5 Å². The topological polar surface area (TPSA) is 52.3 Å². The second-order valence-electron chi connectivity index (χ2n) is 5.00. The Bertz CT molecular complexity index is 230. The number of hydrogen-bond acceptors (Lipinski definition) is 3. The first-order chi connectivity index (χ1) is 7.27. The maximum atomic E-state index is 12.1. The average molecular weight is 211 g/mol. The summed E-state index contributed by atoms with van der Waals surface area (Å²) in [7, 11) is 0. The Morgan fingerprint density at radius 2 is 2.00 bits per heavy atom. The molecule has 1 heterocycles. The van der Waals surface area contributed by atoms with Gasteiger partial charge in [0.1, 0.15) is 5.78 Å². The predicted octanol–water partition coefficient (Wildman–Crippen LogP) is 1.50. The van der Waals surface area contributed by atoms with Crippen molar-refractivity contribution in [3.8, 4) is 0 Å². The molecule has 2 N–H and O–H groups in total. The number of carbonyl (C=O) groups excluding carboxylic acids is 1. The largest absolute Gasteiger partial charge is 0.381 e. The summed E-state index contributed by atoms with van der Waals surface area (Å²) in [5.74, 6) is 1.23. The van der Waals surface area contributed by atoms with E-state index in [1.807, 2.05) is 0 Å². The van der Waals surface area contributed by atoms with Crippen LogP contribution in [0.5, 0.6) is 0 Å². The number of nitrogens with two attached hydrogens (primary N) is 1. The molecule has 0 atom stereocenters. The Balaban J connectivity index is 1.87. The lowest BCUT2D eigenvalue weighted by molar-refractivity contribution is -0.133. The fourth-order valence-electron chi connectivity index (χ4n) is 2.37. The summed E-state index contributed by atoms with van der Waals surface area (Å²) in [6.07, 6.45) is 6.13. The van der Waals surface area contributed by atoms with Crippen LogP contribution in [0.25, 0.3) is 0 Å². The van der Waals surface area contributed by atoms with E-state index in [0.717, 1.165) is 31.6 Å². The second-order valence-corrected chi connectivity index (χ2v) is 5.00. The van der Waals surface area contributed by atoms with Crippen LogP contribution in [0.15, 0.2) is 0 Å². The Morgan fingerprint density at radius 1 is 1.33 bits per heavy atom. The molecule has 0 spiro atoms. The van der Waals surface area contributed by atoms with Crippen LogP contribution in [0.1, 0.15) is 38.5 Å². The van der Waals surface area contributed by atoms with Gasteiger partial charge in [0.2, 0.25) is 0 Å². The summed E-state index contributed by atoms with van der Waals surface area (Å²) >= 11 is 0. The van der Waals surface area contributed by atoms with Gasteiger partial charge in [-0.05, 0) is 25.2 Å². The van der Waals surface area contributed by atoms with Crippen LogP contribution in [0.2, 0.25) is 0 Å². The van der Waals surface area contributed by atoms with E-state index in [4.69, 9.17) is 10.5 Å². The van der Waals surface area contributed by atoms with Gasteiger partial charge in [0.05, 0.1) is 0 Å². The zero-order valence-electron chi connectivity index (χ0n) is 9.34. The van der Waals surface area contributed by atoms with Crippen molar-refractivity contribution in [1.82, 2.24) is 0 Å². The van der Waals surface area contributed by atoms with E-state index >= 15 is 0 Å². The van der Waals surface area contributed by atoms with Crippen molar-refractivity contribution in [2.45, 2.75) is 38.5 Å². The van der Waals surface area contributed by atoms with Gasteiger partial charge in [-0.1, -0.05) is 12.8 Å². The Morgan fingerprint density at radius 3 is 2.53 bits per heavy atom. The Labute approximate surface area is 91.4 Å². The van der Waals surface area contributed by atoms with E-state index in [1.165, 1.54) is 12.8 Å². The smallest absolute Gasteiger partial charge is 0.140 e. The summed E-state index contributed by atoms with van der Waals surface area (Å²) < 4.78 is 5.31. The molecule has 3 heteroatoms. The van der Waals surface area contributed by atoms with Gasteiger partial charge < -0.3 is 10.5 Å². The van der Waals surface area contributed by atoms with Gasteiger partial charge >= 0.3 is 0 Å². The molecule has 2 rings (SSSR count). The monoisotopic (exact) mass is 211 g/mol. The van der Waals surface area contributed by atoms with E-state index < -0.39 is 0 Å². The van der Waals surface area contributed by atoms with Crippen LogP contribution in [0, 0.1) is 11.3 Å². The van der Waals surface area contributed by atoms with Gasteiger partial charge in [0.25, 0.3) is 0 Å². The number of rotatable bonds is 5. The van der Waals surface area contributed by atoms with Gasteiger partial charge in [0, 0.05) is 31.6 Å². The maximum Gasteiger partial charge on any atom is 0.140 e. The normalized spacial score (nSPS) is 25.1. The molecule has 1 saturated heterocycles. The maximum absolute atomic E-state index is 12.1. The first-order valence-corrected chi connectivity index (χ1v) is 6.08. The molecule has 0 aromatic carbocycles. The number of ether oxygens (including phenoxy) is 1. The van der Waals surface area contributed by atoms with E-state index in [2.05, 4.69) is 0 Å². The van der Waals surface area contributed by atoms with E-state index in [9.17, 15) is 4.79 Å². The minimum Gasteiger partial charge on any atom is -0.381 e. The van der Waals surface area contributed by atoms with E-state index in [-0.39, 0.29) is 5.41 Å². The van der Waals surface area contributed by atoms with Crippen LogP contribution in [0.4, 0.5) is 0 Å². The van der Waals surface area contributed by atoms with Crippen LogP contribution in [0.3, 0.4) is 0 Å². The van der Waals surface area contributed by atoms with Gasteiger partial charge in [-0.15, -0.1) is 0 Å². The molecular formula is C12H21NO2. The molecular weight excluding hydrogens is 190 g/mol. The zero-order valence-corrected chi connectivity index (χ0v) is 9.34. The van der Waals surface area contributed by atoms with Crippen molar-refractivity contribution >= 4 is 5.78 Å². The standard InChI is InChI=1S/C12H21NO2/c13-9-12(5-7-15-8-6-12)11(14)4-3-10-1-2-10/h10H,1-9,13H2. The third-order valence-corrected chi connectivity index (χ3v) is 3.91. The molecule has 0 unspecified atom stereocenters. The van der Waals surface area contributed by atoms with Gasteiger partial charge in [-0.25, -0.2) is 0 Å². The van der Waals surface area contributed by atoms with Gasteiger partial charge in [0.15, 0.2) is 0 Å². The molecule has 1 saturated carbocycles. The van der Waals surface area contributed by atoms with Crippen LogP contribution in [-0.2, 0) is 9.53 Å². The quantitative estimate of drug-likeness (QED) is 0.749. The summed E-state index contributed by atoms with van der Waals surface area (Å²) in [5.41, 5.74) is 5.54.